The quantitative estimate of drug-likeness (QED) is 0.497. The Bertz CT molecular complexity index is 980. The molecule has 2 aromatic rings. The average Bonchev–Trinajstić information content (AvgIpc) is 2.77. The van der Waals surface area contributed by atoms with Gasteiger partial charge in [-0.1, -0.05) is 6.08 Å². The summed E-state index contributed by atoms with van der Waals surface area (Å²) in [5.74, 6) is 1.15. The van der Waals surface area contributed by atoms with E-state index in [1.807, 2.05) is 0 Å². The zero-order valence-corrected chi connectivity index (χ0v) is 17.7. The van der Waals surface area contributed by atoms with Crippen molar-refractivity contribution in [2.24, 2.45) is 0 Å². The van der Waals surface area contributed by atoms with E-state index in [1.54, 1.807) is 33.5 Å². The van der Waals surface area contributed by atoms with Crippen LogP contribution >= 0.6 is 0 Å². The highest BCUT2D eigenvalue weighted by Gasteiger charge is 2.23. The van der Waals surface area contributed by atoms with E-state index < -0.39 is 0 Å². The molecule has 0 amide bonds. The number of methoxy groups -OCH3 is 3. The highest BCUT2D eigenvalue weighted by Crippen LogP contribution is 2.45. The highest BCUT2D eigenvalue weighted by atomic mass is 19.1. The van der Waals surface area contributed by atoms with Gasteiger partial charge in [0.25, 0.3) is 0 Å². The fourth-order valence-corrected chi connectivity index (χ4v) is 3.50. The largest absolute Gasteiger partial charge is 0.496 e. The van der Waals surface area contributed by atoms with Crippen molar-refractivity contribution in [3.05, 3.63) is 65.0 Å². The van der Waals surface area contributed by atoms with E-state index in [0.29, 0.717) is 28.4 Å². The molecular formula is C24H26FNO4. The smallest absolute Gasteiger partial charge is 0.185 e. The molecule has 0 saturated heterocycles. The monoisotopic (exact) mass is 411 g/mol. The van der Waals surface area contributed by atoms with Gasteiger partial charge in [0.05, 0.1) is 32.5 Å². The SMILES string of the molecule is COc1cc(OC)c(C2=CCN(C)CC2)c(OC)c1/C=C/C(=O)c1ccc(F)cc1. The molecule has 5 nitrogen and oxygen atoms in total. The number of nitrogens with zero attached hydrogens (tertiary/aromatic N) is 1. The maximum Gasteiger partial charge on any atom is 0.185 e. The van der Waals surface area contributed by atoms with Crippen LogP contribution in [0.3, 0.4) is 0 Å². The predicted octanol–water partition coefficient (Wildman–Crippen LogP) is 4.47. The Labute approximate surface area is 176 Å². The average molecular weight is 411 g/mol. The maximum absolute atomic E-state index is 13.1. The lowest BCUT2D eigenvalue weighted by Gasteiger charge is -2.25. The Morgan fingerprint density at radius 2 is 1.77 bits per heavy atom. The van der Waals surface area contributed by atoms with Crippen LogP contribution in [0, 0.1) is 5.82 Å². The normalized spacial score (nSPS) is 14.5. The Morgan fingerprint density at radius 3 is 2.33 bits per heavy atom. The van der Waals surface area contributed by atoms with Gasteiger partial charge in [0.2, 0.25) is 0 Å². The molecule has 3 rings (SSSR count). The second kappa shape index (κ2) is 9.59. The summed E-state index contributed by atoms with van der Waals surface area (Å²) in [5, 5.41) is 0. The second-order valence-corrected chi connectivity index (χ2v) is 7.05. The van der Waals surface area contributed by atoms with Crippen LogP contribution in [0.25, 0.3) is 11.6 Å². The number of carbonyl (C=O) groups is 1. The van der Waals surface area contributed by atoms with E-state index in [1.165, 1.54) is 30.3 Å². The van der Waals surface area contributed by atoms with Crippen molar-refractivity contribution in [1.82, 2.24) is 4.90 Å². The van der Waals surface area contributed by atoms with Crippen molar-refractivity contribution in [3.8, 4) is 17.2 Å². The Balaban J connectivity index is 2.07. The molecule has 0 aliphatic carbocycles. The van der Waals surface area contributed by atoms with Crippen molar-refractivity contribution in [3.63, 3.8) is 0 Å². The topological polar surface area (TPSA) is 48.0 Å². The minimum atomic E-state index is -0.384. The lowest BCUT2D eigenvalue weighted by atomic mass is 9.94. The van der Waals surface area contributed by atoms with Crippen LogP contribution in [0.1, 0.15) is 27.9 Å². The van der Waals surface area contributed by atoms with Crippen molar-refractivity contribution >= 4 is 17.4 Å². The summed E-state index contributed by atoms with van der Waals surface area (Å²) >= 11 is 0. The number of likely N-dealkylation sites (N-methyl/N-ethyl adjacent to an activating group) is 1. The van der Waals surface area contributed by atoms with Crippen LogP contribution in [0.15, 0.2) is 42.5 Å². The molecule has 158 valence electrons. The molecule has 0 saturated carbocycles. The number of halogens is 1. The van der Waals surface area contributed by atoms with E-state index in [-0.39, 0.29) is 11.6 Å². The zero-order valence-electron chi connectivity index (χ0n) is 17.7. The van der Waals surface area contributed by atoms with E-state index in [2.05, 4.69) is 18.0 Å². The molecule has 0 aromatic heterocycles. The van der Waals surface area contributed by atoms with Crippen LogP contribution in [0.2, 0.25) is 0 Å². The summed E-state index contributed by atoms with van der Waals surface area (Å²) in [7, 11) is 6.83. The number of allylic oxidation sites excluding steroid dienone is 1. The van der Waals surface area contributed by atoms with Crippen LogP contribution in [0.5, 0.6) is 17.2 Å². The van der Waals surface area contributed by atoms with Gasteiger partial charge in [0.15, 0.2) is 5.78 Å². The third-order valence-electron chi connectivity index (χ3n) is 5.15. The number of rotatable bonds is 7. The van der Waals surface area contributed by atoms with Gasteiger partial charge in [-0.25, -0.2) is 4.39 Å². The molecule has 1 aliphatic rings. The van der Waals surface area contributed by atoms with Gasteiger partial charge in [-0.15, -0.1) is 0 Å². The van der Waals surface area contributed by atoms with Gasteiger partial charge in [0.1, 0.15) is 23.1 Å². The molecule has 1 aliphatic heterocycles. The van der Waals surface area contributed by atoms with Crippen molar-refractivity contribution in [2.45, 2.75) is 6.42 Å². The first-order chi connectivity index (χ1) is 14.5. The molecule has 0 bridgehead atoms. The number of hydrogen-bond donors (Lipinski definition) is 0. The van der Waals surface area contributed by atoms with Gasteiger partial charge in [-0.3, -0.25) is 4.79 Å². The van der Waals surface area contributed by atoms with Crippen LogP contribution in [0.4, 0.5) is 4.39 Å². The molecule has 0 atom stereocenters. The van der Waals surface area contributed by atoms with E-state index in [0.717, 1.165) is 30.6 Å². The first-order valence-corrected chi connectivity index (χ1v) is 9.67. The molecule has 30 heavy (non-hydrogen) atoms. The molecule has 1 heterocycles. The molecule has 0 radical (unpaired) electrons. The van der Waals surface area contributed by atoms with Crippen LogP contribution in [-0.4, -0.2) is 52.1 Å². The van der Waals surface area contributed by atoms with Crippen LogP contribution in [-0.2, 0) is 0 Å². The second-order valence-electron chi connectivity index (χ2n) is 7.05. The van der Waals surface area contributed by atoms with Crippen molar-refractivity contribution in [1.29, 1.82) is 0 Å². The molecular weight excluding hydrogens is 385 g/mol. The summed E-state index contributed by atoms with van der Waals surface area (Å²) in [6.45, 7) is 1.76. The van der Waals surface area contributed by atoms with Gasteiger partial charge in [-0.2, -0.15) is 0 Å². The van der Waals surface area contributed by atoms with E-state index in [9.17, 15) is 9.18 Å². The number of benzene rings is 2. The summed E-state index contributed by atoms with van der Waals surface area (Å²) < 4.78 is 30.1. The summed E-state index contributed by atoms with van der Waals surface area (Å²) in [5.41, 5.74) is 3.04. The maximum atomic E-state index is 13.1. The lowest BCUT2D eigenvalue weighted by Crippen LogP contribution is -2.24. The van der Waals surface area contributed by atoms with Gasteiger partial charge >= 0.3 is 0 Å². The van der Waals surface area contributed by atoms with Crippen molar-refractivity contribution in [2.75, 3.05) is 41.5 Å². The third-order valence-corrected chi connectivity index (χ3v) is 5.15. The minimum absolute atomic E-state index is 0.241. The number of hydrogen-bond acceptors (Lipinski definition) is 5. The summed E-state index contributed by atoms with van der Waals surface area (Å²) in [6.07, 6.45) is 6.12. The Morgan fingerprint density at radius 1 is 1.07 bits per heavy atom. The zero-order chi connectivity index (χ0) is 21.7. The molecule has 0 spiro atoms. The first-order valence-electron chi connectivity index (χ1n) is 9.67. The first kappa shape index (κ1) is 21.6. The Kier molecular flexibility index (Phi) is 6.90. The van der Waals surface area contributed by atoms with Crippen LogP contribution < -0.4 is 14.2 Å². The van der Waals surface area contributed by atoms with Crippen molar-refractivity contribution < 1.29 is 23.4 Å². The Hall–Kier alpha value is -3.12. The lowest BCUT2D eigenvalue weighted by molar-refractivity contribution is 0.104. The number of ether oxygens (including phenoxy) is 3. The minimum Gasteiger partial charge on any atom is -0.496 e. The fourth-order valence-electron chi connectivity index (χ4n) is 3.50. The van der Waals surface area contributed by atoms with E-state index >= 15 is 0 Å². The third kappa shape index (κ3) is 4.54. The molecule has 0 N–H and O–H groups in total. The standard InChI is InChI=1S/C24H26FNO4/c1-26-13-11-17(12-14-26)23-22(29-3)15-21(28-2)19(24(23)30-4)9-10-20(27)16-5-7-18(25)8-6-16/h5-11,15H,12-14H2,1-4H3/b10-9+. The molecule has 0 fully saturated rings. The number of ketones is 1. The van der Waals surface area contributed by atoms with Gasteiger partial charge in [-0.05, 0) is 55.5 Å². The molecule has 0 unspecified atom stereocenters. The van der Waals surface area contributed by atoms with Gasteiger partial charge < -0.3 is 19.1 Å². The van der Waals surface area contributed by atoms with E-state index in [4.69, 9.17) is 14.2 Å². The fraction of sp³-hybridized carbons (Fsp3) is 0.292. The predicted molar refractivity (Wildman–Crippen MR) is 116 cm³/mol. The summed E-state index contributed by atoms with van der Waals surface area (Å²) in [4.78, 5) is 14.8. The number of carbonyl (C=O) groups excluding carboxylic acids is 1. The molecule has 6 heteroatoms. The van der Waals surface area contributed by atoms with Gasteiger partial charge in [0, 0.05) is 24.7 Å². The highest BCUT2D eigenvalue weighted by molar-refractivity contribution is 6.07. The summed E-state index contributed by atoms with van der Waals surface area (Å²) in [6, 6.07) is 7.25. The molecule has 2 aromatic carbocycles.